The maximum Gasteiger partial charge on any atom is 0.162 e. The van der Waals surface area contributed by atoms with E-state index in [1.165, 1.54) is 12.3 Å². The van der Waals surface area contributed by atoms with E-state index in [1.807, 2.05) is 6.07 Å². The molecule has 1 aliphatic heterocycles. The lowest BCUT2D eigenvalue weighted by atomic mass is 10.0. The van der Waals surface area contributed by atoms with Crippen LogP contribution in [0.2, 0.25) is 0 Å². The summed E-state index contributed by atoms with van der Waals surface area (Å²) in [7, 11) is 0. The van der Waals surface area contributed by atoms with E-state index in [-0.39, 0.29) is 11.9 Å². The Labute approximate surface area is 151 Å². The van der Waals surface area contributed by atoms with Gasteiger partial charge in [-0.05, 0) is 48.9 Å². The predicted molar refractivity (Wildman–Crippen MR) is 93.0 cm³/mol. The van der Waals surface area contributed by atoms with E-state index < -0.39 is 11.6 Å². The van der Waals surface area contributed by atoms with E-state index >= 15 is 0 Å². The highest BCUT2D eigenvalue weighted by Gasteiger charge is 2.41. The van der Waals surface area contributed by atoms with Gasteiger partial charge in [-0.2, -0.15) is 0 Å². The van der Waals surface area contributed by atoms with Gasteiger partial charge in [-0.1, -0.05) is 0 Å². The summed E-state index contributed by atoms with van der Waals surface area (Å²) < 4.78 is 32.2. The molecule has 2 heterocycles. The van der Waals surface area contributed by atoms with Gasteiger partial charge in [0.05, 0.1) is 12.3 Å². The van der Waals surface area contributed by atoms with Crippen LogP contribution in [0.4, 0.5) is 8.78 Å². The van der Waals surface area contributed by atoms with Crippen molar-refractivity contribution in [2.45, 2.75) is 25.4 Å². The molecule has 4 rings (SSSR count). The van der Waals surface area contributed by atoms with E-state index in [4.69, 9.17) is 4.74 Å². The Hall–Kier alpha value is -2.21. The smallest absolute Gasteiger partial charge is 0.162 e. The summed E-state index contributed by atoms with van der Waals surface area (Å²) >= 11 is 0. The molecule has 138 valence electrons. The normalized spacial score (nSPS) is 25.4. The van der Waals surface area contributed by atoms with Crippen LogP contribution in [0, 0.1) is 23.5 Å². The third-order valence-electron chi connectivity index (χ3n) is 5.47. The van der Waals surface area contributed by atoms with E-state index in [2.05, 4.69) is 9.88 Å². The molecule has 2 aromatic rings. The monoisotopic (exact) mass is 360 g/mol. The maximum atomic E-state index is 13.3. The van der Waals surface area contributed by atoms with Gasteiger partial charge >= 0.3 is 0 Å². The Morgan fingerprint density at radius 1 is 1.08 bits per heavy atom. The van der Waals surface area contributed by atoms with Crippen LogP contribution in [0.5, 0.6) is 11.5 Å². The first-order valence-corrected chi connectivity index (χ1v) is 9.05. The Morgan fingerprint density at radius 2 is 1.85 bits per heavy atom. The Kier molecular flexibility index (Phi) is 4.76. The van der Waals surface area contributed by atoms with Gasteiger partial charge in [0, 0.05) is 37.8 Å². The number of aromatic nitrogens is 1. The Balaban J connectivity index is 1.26. The number of nitrogens with zero attached hydrogens (tertiary/aromatic N) is 2. The number of halogens is 2. The molecule has 2 aliphatic rings. The molecule has 6 heteroatoms. The molecule has 1 saturated carbocycles. The fraction of sp³-hybridized carbons (Fsp3) is 0.450. The second-order valence-corrected chi connectivity index (χ2v) is 7.32. The van der Waals surface area contributed by atoms with Gasteiger partial charge in [0.2, 0.25) is 0 Å². The second-order valence-electron chi connectivity index (χ2n) is 7.32. The van der Waals surface area contributed by atoms with Gasteiger partial charge in [-0.15, -0.1) is 0 Å². The molecule has 0 spiro atoms. The average Bonchev–Trinajstić information content (AvgIpc) is 3.16. The topological polar surface area (TPSA) is 45.6 Å². The summed E-state index contributed by atoms with van der Waals surface area (Å²) in [4.78, 5) is 6.69. The number of fused-ring (bicyclic) bond motifs is 1. The number of ether oxygens (including phenoxy) is 1. The maximum absolute atomic E-state index is 13.3. The summed E-state index contributed by atoms with van der Waals surface area (Å²) in [5.74, 6) is 0.0749. The number of pyridine rings is 1. The van der Waals surface area contributed by atoms with Crippen LogP contribution >= 0.6 is 0 Å². The molecule has 4 nitrogen and oxygen atoms in total. The van der Waals surface area contributed by atoms with Crippen LogP contribution in [0.3, 0.4) is 0 Å². The molecule has 0 bridgehead atoms. The van der Waals surface area contributed by atoms with Crippen LogP contribution in [0.15, 0.2) is 36.5 Å². The third kappa shape index (κ3) is 3.80. The first-order chi connectivity index (χ1) is 12.6. The largest absolute Gasteiger partial charge is 0.506 e. The first-order valence-electron chi connectivity index (χ1n) is 9.05. The van der Waals surface area contributed by atoms with Crippen LogP contribution < -0.4 is 4.74 Å². The fourth-order valence-corrected chi connectivity index (χ4v) is 4.20. The Bertz CT molecular complexity index is 755. The van der Waals surface area contributed by atoms with Crippen LogP contribution in [-0.4, -0.2) is 40.7 Å². The number of rotatable bonds is 5. The molecule has 1 aromatic carbocycles. The van der Waals surface area contributed by atoms with Crippen molar-refractivity contribution in [2.24, 2.45) is 11.8 Å². The minimum atomic E-state index is -0.866. The fourth-order valence-electron chi connectivity index (χ4n) is 4.20. The van der Waals surface area contributed by atoms with E-state index in [9.17, 15) is 13.9 Å². The molecular formula is C20H22F2N2O2. The molecule has 1 aromatic heterocycles. The molecule has 0 radical (unpaired) electrons. The van der Waals surface area contributed by atoms with Crippen molar-refractivity contribution in [3.8, 4) is 11.5 Å². The zero-order chi connectivity index (χ0) is 18.1. The number of likely N-dealkylation sites (tertiary alicyclic amines) is 1. The quantitative estimate of drug-likeness (QED) is 0.888. The second kappa shape index (κ2) is 7.19. The molecule has 1 saturated heterocycles. The minimum absolute atomic E-state index is 0.0794. The standard InChI is InChI=1S/C20H22F2N2O2/c21-19-4-3-17(9-20(19)22)26-18-7-13-11-24(12-14(13)8-18)6-5-15-1-2-16(25)10-23-15/h1-4,9-10,13-14,18,25H,5-8,11-12H2/t13-,14+,18?. The zero-order valence-electron chi connectivity index (χ0n) is 14.4. The number of hydrogen-bond donors (Lipinski definition) is 1. The molecular weight excluding hydrogens is 338 g/mol. The SMILES string of the molecule is Oc1ccc(CCN2C[C@H]3CC(Oc4ccc(F)c(F)c4)C[C@H]3C2)nc1. The van der Waals surface area contributed by atoms with Crippen LogP contribution in [0.1, 0.15) is 18.5 Å². The number of aromatic hydroxyl groups is 1. The summed E-state index contributed by atoms with van der Waals surface area (Å²) in [5.41, 5.74) is 0.986. The summed E-state index contributed by atoms with van der Waals surface area (Å²) in [6, 6.07) is 7.25. The van der Waals surface area contributed by atoms with E-state index in [0.29, 0.717) is 17.6 Å². The average molecular weight is 360 g/mol. The van der Waals surface area contributed by atoms with Crippen molar-refractivity contribution in [3.63, 3.8) is 0 Å². The van der Waals surface area contributed by atoms with Gasteiger partial charge < -0.3 is 14.7 Å². The van der Waals surface area contributed by atoms with Gasteiger partial charge in [0.15, 0.2) is 11.6 Å². The lowest BCUT2D eigenvalue weighted by Crippen LogP contribution is -2.26. The lowest BCUT2D eigenvalue weighted by molar-refractivity contribution is 0.185. The van der Waals surface area contributed by atoms with Gasteiger partial charge in [0.1, 0.15) is 11.5 Å². The molecule has 2 fully saturated rings. The zero-order valence-corrected chi connectivity index (χ0v) is 14.4. The lowest BCUT2D eigenvalue weighted by Gasteiger charge is -2.19. The molecule has 1 aliphatic carbocycles. The van der Waals surface area contributed by atoms with Gasteiger partial charge in [-0.25, -0.2) is 8.78 Å². The van der Waals surface area contributed by atoms with Crippen molar-refractivity contribution in [2.75, 3.05) is 19.6 Å². The summed E-state index contributed by atoms with van der Waals surface area (Å²) in [5, 5.41) is 9.28. The van der Waals surface area contributed by atoms with Crippen LogP contribution in [0.25, 0.3) is 0 Å². The van der Waals surface area contributed by atoms with Gasteiger partial charge in [-0.3, -0.25) is 4.98 Å². The van der Waals surface area contributed by atoms with E-state index in [1.54, 1.807) is 6.07 Å². The summed E-state index contributed by atoms with van der Waals surface area (Å²) in [6.45, 7) is 3.04. The highest BCUT2D eigenvalue weighted by atomic mass is 19.2. The van der Waals surface area contributed by atoms with Crippen molar-refractivity contribution >= 4 is 0 Å². The van der Waals surface area contributed by atoms with Gasteiger partial charge in [0.25, 0.3) is 0 Å². The summed E-state index contributed by atoms with van der Waals surface area (Å²) in [6.07, 6.45) is 4.34. The van der Waals surface area contributed by atoms with Crippen molar-refractivity contribution < 1.29 is 18.6 Å². The molecule has 0 amide bonds. The minimum Gasteiger partial charge on any atom is -0.506 e. The number of hydrogen-bond acceptors (Lipinski definition) is 4. The molecule has 1 unspecified atom stereocenters. The van der Waals surface area contributed by atoms with Crippen molar-refractivity contribution in [3.05, 3.63) is 53.9 Å². The molecule has 26 heavy (non-hydrogen) atoms. The highest BCUT2D eigenvalue weighted by molar-refractivity contribution is 5.24. The molecule has 1 N–H and O–H groups in total. The first kappa shape index (κ1) is 17.2. The van der Waals surface area contributed by atoms with Crippen LogP contribution in [-0.2, 0) is 6.42 Å². The van der Waals surface area contributed by atoms with E-state index in [0.717, 1.165) is 56.7 Å². The predicted octanol–water partition coefficient (Wildman–Crippen LogP) is 3.40. The Morgan fingerprint density at radius 3 is 2.50 bits per heavy atom. The highest BCUT2D eigenvalue weighted by Crippen LogP contribution is 2.39. The molecule has 3 atom stereocenters. The van der Waals surface area contributed by atoms with Crippen molar-refractivity contribution in [1.82, 2.24) is 9.88 Å². The van der Waals surface area contributed by atoms with Crippen molar-refractivity contribution in [1.29, 1.82) is 0 Å². The number of benzene rings is 1. The third-order valence-corrected chi connectivity index (χ3v) is 5.47.